The Morgan fingerprint density at radius 1 is 0.885 bits per heavy atom. The molecule has 5 nitrogen and oxygen atoms in total. The molecule has 6 heteroatoms. The van der Waals surface area contributed by atoms with Crippen LogP contribution in [0.15, 0.2) is 54.6 Å². The van der Waals surface area contributed by atoms with Crippen LogP contribution >= 0.6 is 0 Å². The third-order valence-corrected chi connectivity index (χ3v) is 4.33. The maximum Gasteiger partial charge on any atom is 0.260 e. The van der Waals surface area contributed by atoms with E-state index in [0.29, 0.717) is 43.9 Å². The number of para-hydroxylation sites is 1. The molecule has 26 heavy (non-hydrogen) atoms. The molecule has 0 saturated carbocycles. The van der Waals surface area contributed by atoms with E-state index >= 15 is 0 Å². The summed E-state index contributed by atoms with van der Waals surface area (Å²) in [5, 5.41) is 0. The molecule has 3 rings (SSSR count). The van der Waals surface area contributed by atoms with Crippen molar-refractivity contribution in [3.63, 3.8) is 0 Å². The minimum absolute atomic E-state index is 0.0179. The second-order valence-electron chi connectivity index (χ2n) is 6.14. The third kappa shape index (κ3) is 4.59. The first-order chi connectivity index (χ1) is 12.6. The highest BCUT2D eigenvalue weighted by atomic mass is 19.1. The van der Waals surface area contributed by atoms with Crippen molar-refractivity contribution >= 4 is 11.8 Å². The number of carbonyl (C=O) groups is 2. The van der Waals surface area contributed by atoms with E-state index in [9.17, 15) is 14.0 Å². The van der Waals surface area contributed by atoms with E-state index in [1.807, 2.05) is 18.2 Å². The number of carbonyl (C=O) groups excluding carboxylic acids is 2. The Hall–Kier alpha value is -2.89. The summed E-state index contributed by atoms with van der Waals surface area (Å²) >= 11 is 0. The van der Waals surface area contributed by atoms with Crippen LogP contribution in [0.25, 0.3) is 0 Å². The van der Waals surface area contributed by atoms with Crippen LogP contribution < -0.4 is 4.74 Å². The van der Waals surface area contributed by atoms with Crippen LogP contribution in [0.2, 0.25) is 0 Å². The summed E-state index contributed by atoms with van der Waals surface area (Å²) in [5.41, 5.74) is 0.457. The van der Waals surface area contributed by atoms with Crippen LogP contribution in [0.1, 0.15) is 16.8 Å². The molecule has 1 heterocycles. The maximum atomic E-state index is 13.0. The first-order valence-corrected chi connectivity index (χ1v) is 8.64. The van der Waals surface area contributed by atoms with Gasteiger partial charge in [-0.3, -0.25) is 9.59 Å². The number of amides is 2. The number of halogens is 1. The fourth-order valence-corrected chi connectivity index (χ4v) is 2.90. The van der Waals surface area contributed by atoms with Gasteiger partial charge in [0.2, 0.25) is 0 Å². The normalized spacial score (nSPS) is 14.7. The molecule has 0 aliphatic carbocycles. The molecule has 0 spiro atoms. The quantitative estimate of drug-likeness (QED) is 0.846. The van der Waals surface area contributed by atoms with Crippen molar-refractivity contribution in [2.24, 2.45) is 0 Å². The predicted molar refractivity (Wildman–Crippen MR) is 95.4 cm³/mol. The number of rotatable bonds is 4. The third-order valence-electron chi connectivity index (χ3n) is 4.33. The summed E-state index contributed by atoms with van der Waals surface area (Å²) in [6.07, 6.45) is 0.698. The minimum Gasteiger partial charge on any atom is -0.484 e. The van der Waals surface area contributed by atoms with Gasteiger partial charge < -0.3 is 14.5 Å². The maximum absolute atomic E-state index is 13.0. The molecule has 0 N–H and O–H groups in total. The average Bonchev–Trinajstić information content (AvgIpc) is 2.93. The summed E-state index contributed by atoms with van der Waals surface area (Å²) in [7, 11) is 0. The molecular formula is C20H21FN2O3. The smallest absolute Gasteiger partial charge is 0.260 e. The molecule has 1 fully saturated rings. The van der Waals surface area contributed by atoms with Crippen molar-refractivity contribution in [3.05, 3.63) is 66.0 Å². The monoisotopic (exact) mass is 356 g/mol. The number of hydrogen-bond acceptors (Lipinski definition) is 3. The molecule has 0 unspecified atom stereocenters. The van der Waals surface area contributed by atoms with Crippen LogP contribution in [0, 0.1) is 5.82 Å². The van der Waals surface area contributed by atoms with Crippen molar-refractivity contribution in [2.45, 2.75) is 6.42 Å². The summed E-state index contributed by atoms with van der Waals surface area (Å²) in [4.78, 5) is 28.3. The zero-order valence-electron chi connectivity index (χ0n) is 14.4. The number of hydrogen-bond donors (Lipinski definition) is 0. The zero-order chi connectivity index (χ0) is 18.4. The zero-order valence-corrected chi connectivity index (χ0v) is 14.4. The molecule has 1 aliphatic heterocycles. The Morgan fingerprint density at radius 3 is 2.27 bits per heavy atom. The van der Waals surface area contributed by atoms with Crippen molar-refractivity contribution in [1.29, 1.82) is 0 Å². The first-order valence-electron chi connectivity index (χ1n) is 8.64. The van der Waals surface area contributed by atoms with Crippen LogP contribution in [-0.4, -0.2) is 54.4 Å². The van der Waals surface area contributed by atoms with E-state index in [2.05, 4.69) is 0 Å². The fourth-order valence-electron chi connectivity index (χ4n) is 2.90. The molecule has 1 saturated heterocycles. The summed E-state index contributed by atoms with van der Waals surface area (Å²) in [6.45, 7) is 2.05. The van der Waals surface area contributed by atoms with Gasteiger partial charge in [0.15, 0.2) is 6.61 Å². The van der Waals surface area contributed by atoms with Gasteiger partial charge in [-0.1, -0.05) is 18.2 Å². The predicted octanol–water partition coefficient (Wildman–Crippen LogP) is 2.58. The SMILES string of the molecule is O=C(COc1ccccc1)N1CCCN(C(=O)c2ccc(F)cc2)CC1. The van der Waals surface area contributed by atoms with E-state index in [1.54, 1.807) is 21.9 Å². The second-order valence-corrected chi connectivity index (χ2v) is 6.14. The standard InChI is InChI=1S/C20H21FN2O3/c21-17-9-7-16(8-10-17)20(25)23-12-4-11-22(13-14-23)19(24)15-26-18-5-2-1-3-6-18/h1-3,5-10H,4,11-15H2. The van der Waals surface area contributed by atoms with E-state index in [1.165, 1.54) is 24.3 Å². The highest BCUT2D eigenvalue weighted by Gasteiger charge is 2.23. The summed E-state index contributed by atoms with van der Waals surface area (Å²) < 4.78 is 18.5. The van der Waals surface area contributed by atoms with Crippen molar-refractivity contribution in [2.75, 3.05) is 32.8 Å². The molecule has 0 atom stereocenters. The van der Waals surface area contributed by atoms with Gasteiger partial charge in [0.25, 0.3) is 11.8 Å². The Kier molecular flexibility index (Phi) is 5.84. The van der Waals surface area contributed by atoms with Crippen molar-refractivity contribution in [1.82, 2.24) is 9.80 Å². The number of benzene rings is 2. The number of ether oxygens (including phenoxy) is 1. The van der Waals surface area contributed by atoms with Gasteiger partial charge >= 0.3 is 0 Å². The molecule has 2 aromatic rings. The molecule has 0 aromatic heterocycles. The van der Waals surface area contributed by atoms with Crippen LogP contribution in [0.5, 0.6) is 5.75 Å². The van der Waals surface area contributed by atoms with Crippen LogP contribution in [0.4, 0.5) is 4.39 Å². The van der Waals surface area contributed by atoms with Gasteiger partial charge in [-0.2, -0.15) is 0 Å². The lowest BCUT2D eigenvalue weighted by molar-refractivity contribution is -0.133. The van der Waals surface area contributed by atoms with Crippen molar-refractivity contribution in [3.8, 4) is 5.75 Å². The number of nitrogens with zero attached hydrogens (tertiary/aromatic N) is 2. The molecule has 136 valence electrons. The van der Waals surface area contributed by atoms with Gasteiger partial charge in [-0.05, 0) is 42.8 Å². The van der Waals surface area contributed by atoms with Gasteiger partial charge in [0.1, 0.15) is 11.6 Å². The Balaban J connectivity index is 1.53. The Morgan fingerprint density at radius 2 is 1.54 bits per heavy atom. The van der Waals surface area contributed by atoms with Crippen LogP contribution in [0.3, 0.4) is 0 Å². The Labute approximate surface area is 152 Å². The highest BCUT2D eigenvalue weighted by molar-refractivity contribution is 5.94. The highest BCUT2D eigenvalue weighted by Crippen LogP contribution is 2.12. The van der Waals surface area contributed by atoms with Gasteiger partial charge in [0.05, 0.1) is 0 Å². The lowest BCUT2D eigenvalue weighted by atomic mass is 10.2. The Bertz CT molecular complexity index is 749. The van der Waals surface area contributed by atoms with E-state index in [4.69, 9.17) is 4.74 Å². The van der Waals surface area contributed by atoms with E-state index in [0.717, 1.165) is 0 Å². The van der Waals surface area contributed by atoms with Crippen molar-refractivity contribution < 1.29 is 18.7 Å². The lowest BCUT2D eigenvalue weighted by Crippen LogP contribution is -2.39. The first kappa shape index (κ1) is 17.9. The van der Waals surface area contributed by atoms with Gasteiger partial charge in [0, 0.05) is 31.7 Å². The second kappa shape index (κ2) is 8.47. The van der Waals surface area contributed by atoms with E-state index in [-0.39, 0.29) is 24.2 Å². The van der Waals surface area contributed by atoms with E-state index < -0.39 is 0 Å². The largest absolute Gasteiger partial charge is 0.484 e. The molecule has 2 aromatic carbocycles. The summed E-state index contributed by atoms with van der Waals surface area (Å²) in [5.74, 6) is 0.0566. The molecule has 1 aliphatic rings. The molecule has 0 radical (unpaired) electrons. The molecular weight excluding hydrogens is 335 g/mol. The lowest BCUT2D eigenvalue weighted by Gasteiger charge is -2.22. The van der Waals surface area contributed by atoms with Gasteiger partial charge in [-0.25, -0.2) is 4.39 Å². The molecule has 0 bridgehead atoms. The fraction of sp³-hybridized carbons (Fsp3) is 0.300. The average molecular weight is 356 g/mol. The van der Waals surface area contributed by atoms with Gasteiger partial charge in [-0.15, -0.1) is 0 Å². The minimum atomic E-state index is -0.368. The van der Waals surface area contributed by atoms with Crippen LogP contribution in [-0.2, 0) is 4.79 Å². The topological polar surface area (TPSA) is 49.9 Å². The summed E-state index contributed by atoms with van der Waals surface area (Å²) in [6, 6.07) is 14.7. The molecule has 2 amide bonds.